The number of hydrogen-bond donors (Lipinski definition) is 4. The van der Waals surface area contributed by atoms with E-state index in [9.17, 15) is 5.11 Å². The van der Waals surface area contributed by atoms with Gasteiger partial charge in [0.2, 0.25) is 5.76 Å². The number of nitrogens with zero attached hydrogens (tertiary/aromatic N) is 3. The zero-order chi connectivity index (χ0) is 22.9. The summed E-state index contributed by atoms with van der Waals surface area (Å²) in [6, 6.07) is 8.71. The van der Waals surface area contributed by atoms with E-state index in [2.05, 4.69) is 22.0 Å². The summed E-state index contributed by atoms with van der Waals surface area (Å²) in [7, 11) is 0. The highest BCUT2D eigenvalue weighted by molar-refractivity contribution is 5.42. The van der Waals surface area contributed by atoms with E-state index in [0.717, 1.165) is 5.56 Å². The molecule has 2 atom stereocenters. The minimum absolute atomic E-state index is 0.132. The van der Waals surface area contributed by atoms with Gasteiger partial charge in [-0.05, 0) is 50.1 Å². The Morgan fingerprint density at radius 3 is 2.59 bits per heavy atom. The molecule has 0 aliphatic heterocycles. The van der Waals surface area contributed by atoms with Crippen molar-refractivity contribution in [3.8, 4) is 17.6 Å². The molecule has 170 valence electrons. The third-order valence-corrected chi connectivity index (χ3v) is 4.90. The molecule has 3 rings (SSSR count). The summed E-state index contributed by atoms with van der Waals surface area (Å²) in [5.41, 5.74) is 7.21. The van der Waals surface area contributed by atoms with E-state index < -0.39 is 6.10 Å². The lowest BCUT2D eigenvalue weighted by molar-refractivity contribution is 0.106. The van der Waals surface area contributed by atoms with E-state index in [1.165, 1.54) is 0 Å². The molecule has 0 aliphatic carbocycles. The maximum absolute atomic E-state index is 9.97. The first-order valence-corrected chi connectivity index (χ1v) is 10.4. The minimum Gasteiger partial charge on any atom is -0.493 e. The topological polar surface area (TPSA) is 140 Å². The molecule has 0 fully saturated rings. The lowest BCUT2D eigenvalue weighted by atomic mass is 10.1. The van der Waals surface area contributed by atoms with Crippen LogP contribution < -0.4 is 10.5 Å². The van der Waals surface area contributed by atoms with Crippen LogP contribution in [-0.4, -0.2) is 56.4 Å². The van der Waals surface area contributed by atoms with Crippen molar-refractivity contribution in [2.75, 3.05) is 26.4 Å². The highest BCUT2D eigenvalue weighted by atomic mass is 16.5. The summed E-state index contributed by atoms with van der Waals surface area (Å²) in [5, 5.41) is 32.3. The summed E-state index contributed by atoms with van der Waals surface area (Å²) in [5.74, 6) is 7.24. The summed E-state index contributed by atoms with van der Waals surface area (Å²) in [6.45, 7) is 2.06. The Labute approximate surface area is 186 Å². The average Bonchev–Trinajstić information content (AvgIpc) is 3.47. The number of aliphatic hydroxyl groups is 3. The molecule has 0 unspecified atom stereocenters. The molecule has 0 amide bonds. The number of benzene rings is 1. The summed E-state index contributed by atoms with van der Waals surface area (Å²) < 4.78 is 12.8. The highest BCUT2D eigenvalue weighted by Gasteiger charge is 2.21. The first kappa shape index (κ1) is 23.5. The van der Waals surface area contributed by atoms with Crippen molar-refractivity contribution < 1.29 is 24.6 Å². The number of aliphatic hydroxyl groups excluding tert-OH is 3. The van der Waals surface area contributed by atoms with Gasteiger partial charge >= 0.3 is 0 Å². The summed E-state index contributed by atoms with van der Waals surface area (Å²) in [4.78, 5) is 4.22. The van der Waals surface area contributed by atoms with Crippen LogP contribution >= 0.6 is 0 Å². The number of aromatic nitrogens is 3. The number of hydrogen-bond acceptors (Lipinski definition) is 8. The molecule has 2 heterocycles. The zero-order valence-corrected chi connectivity index (χ0v) is 17.9. The molecule has 0 aliphatic rings. The van der Waals surface area contributed by atoms with Crippen molar-refractivity contribution in [2.24, 2.45) is 11.7 Å². The molecule has 0 bridgehead atoms. The first-order chi connectivity index (χ1) is 15.5. The van der Waals surface area contributed by atoms with E-state index in [4.69, 9.17) is 25.2 Å². The van der Waals surface area contributed by atoms with Crippen LogP contribution in [0.3, 0.4) is 0 Å². The quantitative estimate of drug-likeness (QED) is 0.345. The van der Waals surface area contributed by atoms with Gasteiger partial charge in [0.05, 0.1) is 25.9 Å². The molecular weight excluding hydrogens is 412 g/mol. The Kier molecular flexibility index (Phi) is 8.41. The molecule has 5 N–H and O–H groups in total. The first-order valence-electron chi connectivity index (χ1n) is 10.4. The van der Waals surface area contributed by atoms with E-state index in [1.54, 1.807) is 37.5 Å². The van der Waals surface area contributed by atoms with Gasteiger partial charge < -0.3 is 34.9 Å². The maximum Gasteiger partial charge on any atom is 0.210 e. The second-order valence-corrected chi connectivity index (χ2v) is 7.39. The van der Waals surface area contributed by atoms with Crippen molar-refractivity contribution >= 4 is 0 Å². The highest BCUT2D eigenvalue weighted by Crippen LogP contribution is 2.25. The van der Waals surface area contributed by atoms with E-state index in [1.807, 2.05) is 16.7 Å². The standard InChI is InChI=1S/C23H28N4O5/c1-16(30)23-25-10-11-27(23)22(8-9-24)21-12-20(32-26-21)7-4-17-2-5-19(6-3-17)31-15-18(13-28)14-29/h2-3,5-6,10-12,16,18,22,28-30H,8-9,13-15,24H2,1H3/t16-,22+/m0/s1. The number of imidazole rings is 1. The van der Waals surface area contributed by atoms with Gasteiger partial charge in [-0.25, -0.2) is 4.98 Å². The number of rotatable bonds is 10. The van der Waals surface area contributed by atoms with E-state index >= 15 is 0 Å². The van der Waals surface area contributed by atoms with Crippen molar-refractivity contribution in [3.63, 3.8) is 0 Å². The fourth-order valence-corrected chi connectivity index (χ4v) is 3.15. The van der Waals surface area contributed by atoms with E-state index in [-0.39, 0.29) is 31.8 Å². The fourth-order valence-electron chi connectivity index (χ4n) is 3.15. The van der Waals surface area contributed by atoms with Gasteiger partial charge in [-0.2, -0.15) is 0 Å². The molecule has 9 nitrogen and oxygen atoms in total. The normalized spacial score (nSPS) is 12.9. The van der Waals surface area contributed by atoms with Gasteiger partial charge in [-0.15, -0.1) is 0 Å². The van der Waals surface area contributed by atoms with Crippen LogP contribution in [0.15, 0.2) is 47.2 Å². The molecule has 9 heteroatoms. The maximum atomic E-state index is 9.97. The van der Waals surface area contributed by atoms with Gasteiger partial charge in [-0.1, -0.05) is 11.1 Å². The monoisotopic (exact) mass is 440 g/mol. The lowest BCUT2D eigenvalue weighted by Gasteiger charge is -2.18. The van der Waals surface area contributed by atoms with Gasteiger partial charge in [0, 0.05) is 29.9 Å². The fraction of sp³-hybridized carbons (Fsp3) is 0.391. The number of nitrogens with two attached hydrogens (primary N) is 1. The van der Waals surface area contributed by atoms with Crippen LogP contribution in [-0.2, 0) is 0 Å². The largest absolute Gasteiger partial charge is 0.493 e. The summed E-state index contributed by atoms with van der Waals surface area (Å²) >= 11 is 0. The zero-order valence-electron chi connectivity index (χ0n) is 17.9. The SMILES string of the molecule is C[C@H](O)c1nccn1[C@H](CCN)c1cc(C#Cc2ccc(OCC(CO)CO)cc2)on1. The van der Waals surface area contributed by atoms with Gasteiger partial charge in [0.25, 0.3) is 0 Å². The minimum atomic E-state index is -0.721. The Hall–Kier alpha value is -3.16. The van der Waals surface area contributed by atoms with Crippen LogP contribution in [0.2, 0.25) is 0 Å². The van der Waals surface area contributed by atoms with Crippen LogP contribution in [0.25, 0.3) is 0 Å². The third-order valence-electron chi connectivity index (χ3n) is 4.90. The van der Waals surface area contributed by atoms with Crippen molar-refractivity contribution in [3.05, 3.63) is 65.6 Å². The lowest BCUT2D eigenvalue weighted by Crippen LogP contribution is -2.19. The molecule has 1 aromatic carbocycles. The van der Waals surface area contributed by atoms with Crippen LogP contribution in [0, 0.1) is 17.8 Å². The molecular formula is C23H28N4O5. The van der Waals surface area contributed by atoms with Gasteiger partial charge in [-0.3, -0.25) is 0 Å². The summed E-state index contributed by atoms with van der Waals surface area (Å²) in [6.07, 6.45) is 3.30. The second kappa shape index (κ2) is 11.5. The second-order valence-electron chi connectivity index (χ2n) is 7.39. The number of ether oxygens (including phenoxy) is 1. The predicted octanol–water partition coefficient (Wildman–Crippen LogP) is 1.24. The Morgan fingerprint density at radius 2 is 1.94 bits per heavy atom. The van der Waals surface area contributed by atoms with Gasteiger partial charge in [0.1, 0.15) is 23.4 Å². The predicted molar refractivity (Wildman–Crippen MR) is 117 cm³/mol. The molecule has 0 saturated heterocycles. The molecule has 0 spiro atoms. The smallest absolute Gasteiger partial charge is 0.210 e. The molecule has 2 aromatic heterocycles. The van der Waals surface area contributed by atoms with Crippen molar-refractivity contribution in [1.29, 1.82) is 0 Å². The third kappa shape index (κ3) is 5.96. The van der Waals surface area contributed by atoms with E-state index in [0.29, 0.717) is 36.0 Å². The van der Waals surface area contributed by atoms with Crippen LogP contribution in [0.5, 0.6) is 5.75 Å². The molecule has 3 aromatic rings. The Balaban J connectivity index is 1.70. The average molecular weight is 441 g/mol. The Bertz CT molecular complexity index is 1030. The van der Waals surface area contributed by atoms with Crippen LogP contribution in [0.1, 0.15) is 48.3 Å². The molecule has 0 radical (unpaired) electrons. The Morgan fingerprint density at radius 1 is 1.19 bits per heavy atom. The molecule has 32 heavy (non-hydrogen) atoms. The van der Waals surface area contributed by atoms with Crippen molar-refractivity contribution in [1.82, 2.24) is 14.7 Å². The van der Waals surface area contributed by atoms with Crippen molar-refractivity contribution in [2.45, 2.75) is 25.5 Å². The van der Waals surface area contributed by atoms with Crippen LogP contribution in [0.4, 0.5) is 0 Å². The van der Waals surface area contributed by atoms with Gasteiger partial charge in [0.15, 0.2) is 0 Å². The molecule has 0 saturated carbocycles.